The highest BCUT2D eigenvalue weighted by Gasteiger charge is 2.26. The highest BCUT2D eigenvalue weighted by atomic mass is 32.1. The number of amides is 1. The molecule has 0 radical (unpaired) electrons. The number of aromatic nitrogens is 2. The first-order chi connectivity index (χ1) is 12.6. The normalized spacial score (nSPS) is 14.7. The van der Waals surface area contributed by atoms with Gasteiger partial charge in [0.2, 0.25) is 0 Å². The molecule has 0 spiro atoms. The summed E-state index contributed by atoms with van der Waals surface area (Å²) in [6.07, 6.45) is 4.09. The molecule has 0 atom stereocenters. The van der Waals surface area contributed by atoms with E-state index in [1.807, 2.05) is 27.9 Å². The summed E-state index contributed by atoms with van der Waals surface area (Å²) >= 11 is 1.54. The van der Waals surface area contributed by atoms with Crippen molar-refractivity contribution < 1.29 is 9.18 Å². The van der Waals surface area contributed by atoms with Crippen LogP contribution in [0.1, 0.15) is 34.6 Å². The molecule has 1 aromatic carbocycles. The van der Waals surface area contributed by atoms with Crippen molar-refractivity contribution in [3.63, 3.8) is 0 Å². The largest absolute Gasteiger partial charge is 0.337 e. The standard InChI is InChI=1S/C19H21FN4OS/c1-22(12-14-4-6-15(20)7-5-14)13-16-17(18(25)23-8-2-3-9-23)21-19-24(16)10-11-26-19/h4-7,10-11H,2-3,8-9,12-13H2,1H3. The summed E-state index contributed by atoms with van der Waals surface area (Å²) in [7, 11) is 2.00. The predicted molar refractivity (Wildman–Crippen MR) is 99.8 cm³/mol. The molecule has 1 aliphatic heterocycles. The molecule has 26 heavy (non-hydrogen) atoms. The average molecular weight is 372 g/mol. The number of carbonyl (C=O) groups excluding carboxylic acids is 1. The molecule has 0 saturated carbocycles. The molecule has 7 heteroatoms. The van der Waals surface area contributed by atoms with Crippen LogP contribution in [0, 0.1) is 5.82 Å². The number of hydrogen-bond acceptors (Lipinski definition) is 4. The quantitative estimate of drug-likeness (QED) is 0.689. The second-order valence-electron chi connectivity index (χ2n) is 6.76. The molecule has 0 N–H and O–H groups in total. The van der Waals surface area contributed by atoms with Crippen molar-refractivity contribution in [1.82, 2.24) is 19.2 Å². The summed E-state index contributed by atoms with van der Waals surface area (Å²) in [5.41, 5.74) is 2.51. The van der Waals surface area contributed by atoms with Crippen molar-refractivity contribution in [1.29, 1.82) is 0 Å². The first kappa shape index (κ1) is 17.2. The molecule has 0 aliphatic carbocycles. The highest BCUT2D eigenvalue weighted by Crippen LogP contribution is 2.22. The molecule has 0 unspecified atom stereocenters. The highest BCUT2D eigenvalue weighted by molar-refractivity contribution is 7.15. The fourth-order valence-corrected chi connectivity index (χ4v) is 4.17. The maximum absolute atomic E-state index is 13.1. The smallest absolute Gasteiger partial charge is 0.274 e. The number of benzene rings is 1. The molecule has 1 saturated heterocycles. The van der Waals surface area contributed by atoms with Gasteiger partial charge in [0.25, 0.3) is 5.91 Å². The van der Waals surface area contributed by atoms with Gasteiger partial charge in [0, 0.05) is 37.8 Å². The van der Waals surface area contributed by atoms with Gasteiger partial charge in [0.05, 0.1) is 5.69 Å². The van der Waals surface area contributed by atoms with Gasteiger partial charge in [-0.3, -0.25) is 14.1 Å². The maximum atomic E-state index is 13.1. The SMILES string of the molecule is CN(Cc1ccc(F)cc1)Cc1c(C(=O)N2CCCC2)nc2sccn12. The van der Waals surface area contributed by atoms with Crippen LogP contribution in [0.3, 0.4) is 0 Å². The van der Waals surface area contributed by atoms with Crippen molar-refractivity contribution in [2.75, 3.05) is 20.1 Å². The number of nitrogens with zero attached hydrogens (tertiary/aromatic N) is 4. The fraction of sp³-hybridized carbons (Fsp3) is 0.368. The predicted octanol–water partition coefficient (Wildman–Crippen LogP) is 3.40. The average Bonchev–Trinajstić information content (AvgIpc) is 3.35. The van der Waals surface area contributed by atoms with E-state index in [1.54, 1.807) is 12.1 Å². The molecule has 3 heterocycles. The van der Waals surface area contributed by atoms with Crippen LogP contribution in [-0.2, 0) is 13.1 Å². The first-order valence-electron chi connectivity index (χ1n) is 8.78. The van der Waals surface area contributed by atoms with E-state index in [4.69, 9.17) is 0 Å². The van der Waals surface area contributed by atoms with Gasteiger partial charge in [-0.15, -0.1) is 11.3 Å². The summed E-state index contributed by atoms with van der Waals surface area (Å²) < 4.78 is 15.1. The Kier molecular flexibility index (Phi) is 4.74. The molecule has 2 aromatic heterocycles. The van der Waals surface area contributed by atoms with E-state index >= 15 is 0 Å². The molecular weight excluding hydrogens is 351 g/mol. The van der Waals surface area contributed by atoms with Crippen LogP contribution in [0.4, 0.5) is 4.39 Å². The second kappa shape index (κ2) is 7.17. The summed E-state index contributed by atoms with van der Waals surface area (Å²) in [4.78, 5) is 22.4. The van der Waals surface area contributed by atoms with E-state index in [1.165, 1.54) is 23.5 Å². The van der Waals surface area contributed by atoms with Gasteiger partial charge in [-0.25, -0.2) is 9.37 Å². The molecule has 1 aliphatic rings. The monoisotopic (exact) mass is 372 g/mol. The van der Waals surface area contributed by atoms with Crippen molar-refractivity contribution in [3.8, 4) is 0 Å². The Bertz CT molecular complexity index is 911. The maximum Gasteiger partial charge on any atom is 0.274 e. The Labute approximate surface area is 155 Å². The number of imidazole rings is 1. The molecule has 4 rings (SSSR count). The van der Waals surface area contributed by atoms with Crippen LogP contribution in [0.5, 0.6) is 0 Å². The van der Waals surface area contributed by atoms with Gasteiger partial charge in [-0.1, -0.05) is 12.1 Å². The zero-order chi connectivity index (χ0) is 18.1. The summed E-state index contributed by atoms with van der Waals surface area (Å²) in [6, 6.07) is 6.53. The van der Waals surface area contributed by atoms with E-state index in [-0.39, 0.29) is 11.7 Å². The third-order valence-electron chi connectivity index (χ3n) is 4.74. The van der Waals surface area contributed by atoms with E-state index in [0.717, 1.165) is 42.1 Å². The zero-order valence-electron chi connectivity index (χ0n) is 14.7. The number of hydrogen-bond donors (Lipinski definition) is 0. The lowest BCUT2D eigenvalue weighted by atomic mass is 10.2. The van der Waals surface area contributed by atoms with Crippen molar-refractivity contribution in [3.05, 3.63) is 58.6 Å². The van der Waals surface area contributed by atoms with Crippen LogP contribution in [0.25, 0.3) is 4.96 Å². The summed E-state index contributed by atoms with van der Waals surface area (Å²) in [6.45, 7) is 2.91. The number of halogens is 1. The molecule has 136 valence electrons. The van der Waals surface area contributed by atoms with Crippen LogP contribution >= 0.6 is 11.3 Å². The zero-order valence-corrected chi connectivity index (χ0v) is 15.5. The molecule has 0 bridgehead atoms. The van der Waals surface area contributed by atoms with Crippen molar-refractivity contribution >= 4 is 22.2 Å². The minimum atomic E-state index is -0.231. The molecule has 5 nitrogen and oxygen atoms in total. The van der Waals surface area contributed by atoms with Gasteiger partial charge < -0.3 is 4.90 Å². The minimum absolute atomic E-state index is 0.0311. The van der Waals surface area contributed by atoms with Crippen LogP contribution < -0.4 is 0 Å². The lowest BCUT2D eigenvalue weighted by molar-refractivity contribution is 0.0785. The number of fused-ring (bicyclic) bond motifs is 1. The first-order valence-corrected chi connectivity index (χ1v) is 9.66. The number of likely N-dealkylation sites (tertiary alicyclic amines) is 1. The van der Waals surface area contributed by atoms with Gasteiger partial charge in [0.15, 0.2) is 10.7 Å². The lowest BCUT2D eigenvalue weighted by Crippen LogP contribution is -2.30. The number of carbonyl (C=O) groups is 1. The number of rotatable bonds is 5. The van der Waals surface area contributed by atoms with Crippen molar-refractivity contribution in [2.24, 2.45) is 0 Å². The molecule has 1 amide bonds. The van der Waals surface area contributed by atoms with E-state index in [0.29, 0.717) is 18.8 Å². The van der Waals surface area contributed by atoms with Gasteiger partial charge in [-0.2, -0.15) is 0 Å². The van der Waals surface area contributed by atoms with E-state index < -0.39 is 0 Å². The van der Waals surface area contributed by atoms with E-state index in [2.05, 4.69) is 9.88 Å². The fourth-order valence-electron chi connectivity index (χ4n) is 3.44. The van der Waals surface area contributed by atoms with Crippen molar-refractivity contribution in [2.45, 2.75) is 25.9 Å². The van der Waals surface area contributed by atoms with Crippen LogP contribution in [0.2, 0.25) is 0 Å². The summed E-state index contributed by atoms with van der Waals surface area (Å²) in [5, 5.41) is 1.98. The van der Waals surface area contributed by atoms with Crippen LogP contribution in [0.15, 0.2) is 35.8 Å². The molecule has 1 fully saturated rings. The Morgan fingerprint density at radius 3 is 2.69 bits per heavy atom. The van der Waals surface area contributed by atoms with Gasteiger partial charge >= 0.3 is 0 Å². The number of thiazole rings is 1. The Hall–Kier alpha value is -2.25. The Morgan fingerprint density at radius 2 is 1.96 bits per heavy atom. The van der Waals surface area contributed by atoms with E-state index in [9.17, 15) is 9.18 Å². The minimum Gasteiger partial charge on any atom is -0.337 e. The van der Waals surface area contributed by atoms with Gasteiger partial charge in [0.1, 0.15) is 5.82 Å². The second-order valence-corrected chi connectivity index (χ2v) is 7.63. The third-order valence-corrected chi connectivity index (χ3v) is 5.50. The van der Waals surface area contributed by atoms with Crippen LogP contribution in [-0.4, -0.2) is 45.2 Å². The summed E-state index contributed by atoms with van der Waals surface area (Å²) in [5.74, 6) is -0.200. The molecular formula is C19H21FN4OS. The lowest BCUT2D eigenvalue weighted by Gasteiger charge is -2.19. The Balaban J connectivity index is 1.58. The Morgan fingerprint density at radius 1 is 1.23 bits per heavy atom. The van der Waals surface area contributed by atoms with Gasteiger partial charge in [-0.05, 0) is 37.6 Å². The molecule has 3 aromatic rings. The topological polar surface area (TPSA) is 40.9 Å². The third kappa shape index (κ3) is 3.37.